The Balaban J connectivity index is 2.55. The molecule has 9 heteroatoms. The van der Waals surface area contributed by atoms with Crippen LogP contribution in [0.15, 0.2) is 51.8 Å². The Morgan fingerprint density at radius 1 is 1.09 bits per heavy atom. The van der Waals surface area contributed by atoms with E-state index < -0.39 is 22.5 Å². The third kappa shape index (κ3) is 4.17. The van der Waals surface area contributed by atoms with Crippen LogP contribution in [-0.2, 0) is 14.8 Å². The molecule has 2 rings (SSSR count). The van der Waals surface area contributed by atoms with Crippen molar-refractivity contribution in [1.29, 1.82) is 0 Å². The number of carboxylic acids is 1. The first-order valence-corrected chi connectivity index (χ1v) is 9.16. The van der Waals surface area contributed by atoms with Crippen molar-refractivity contribution in [2.24, 2.45) is 0 Å². The molecule has 1 N–H and O–H groups in total. The van der Waals surface area contributed by atoms with Crippen molar-refractivity contribution in [3.8, 4) is 0 Å². The van der Waals surface area contributed by atoms with E-state index in [1.54, 1.807) is 12.1 Å². The number of carbonyl (C=O) groups is 1. The number of rotatable bonds is 5. The van der Waals surface area contributed by atoms with Gasteiger partial charge in [0.1, 0.15) is 6.54 Å². The van der Waals surface area contributed by atoms with Crippen LogP contribution in [0.5, 0.6) is 0 Å². The molecule has 0 fully saturated rings. The molecule has 0 aliphatic heterocycles. The molecule has 0 saturated carbocycles. The second-order valence-corrected chi connectivity index (χ2v) is 8.05. The van der Waals surface area contributed by atoms with Gasteiger partial charge >= 0.3 is 5.97 Å². The molecule has 0 radical (unpaired) electrons. The Morgan fingerprint density at radius 2 is 1.70 bits per heavy atom. The molecule has 0 aliphatic carbocycles. The topological polar surface area (TPSA) is 74.7 Å². The predicted molar refractivity (Wildman–Crippen MR) is 92.8 cm³/mol. The summed E-state index contributed by atoms with van der Waals surface area (Å²) in [5.41, 5.74) is 0.115. The fourth-order valence-electron chi connectivity index (χ4n) is 1.81. The lowest BCUT2D eigenvalue weighted by Crippen LogP contribution is -2.35. The van der Waals surface area contributed by atoms with Crippen molar-refractivity contribution in [1.82, 2.24) is 0 Å². The molecule has 122 valence electrons. The van der Waals surface area contributed by atoms with Crippen LogP contribution in [0.25, 0.3) is 0 Å². The first kappa shape index (κ1) is 18.1. The molecule has 2 aromatic rings. The van der Waals surface area contributed by atoms with Gasteiger partial charge in [-0.1, -0.05) is 39.1 Å². The van der Waals surface area contributed by atoms with Gasteiger partial charge in [-0.25, -0.2) is 8.42 Å². The number of nitrogens with zero attached hydrogens (tertiary/aromatic N) is 1. The smallest absolute Gasteiger partial charge is 0.324 e. The first-order chi connectivity index (χ1) is 10.7. The predicted octanol–water partition coefficient (Wildman–Crippen LogP) is 4.04. The molecule has 0 atom stereocenters. The Bertz CT molecular complexity index is 840. The highest BCUT2D eigenvalue weighted by molar-refractivity contribution is 9.10. The summed E-state index contributed by atoms with van der Waals surface area (Å²) in [5, 5.41) is 9.42. The third-order valence-corrected chi connectivity index (χ3v) is 5.93. The van der Waals surface area contributed by atoms with Crippen LogP contribution in [0.4, 0.5) is 5.69 Å². The monoisotopic (exact) mass is 437 g/mol. The zero-order valence-electron chi connectivity index (χ0n) is 11.4. The maximum absolute atomic E-state index is 12.7. The van der Waals surface area contributed by atoms with Crippen LogP contribution in [0, 0.1) is 0 Å². The SMILES string of the molecule is O=C(O)CN(c1ccc(Cl)c(Cl)c1)S(=O)(=O)c1ccc(Br)cc1. The summed E-state index contributed by atoms with van der Waals surface area (Å²) in [6.07, 6.45) is 0. The van der Waals surface area contributed by atoms with E-state index in [-0.39, 0.29) is 20.6 Å². The van der Waals surface area contributed by atoms with Crippen molar-refractivity contribution in [2.75, 3.05) is 10.8 Å². The lowest BCUT2D eigenvalue weighted by Gasteiger charge is -2.23. The van der Waals surface area contributed by atoms with Crippen LogP contribution in [-0.4, -0.2) is 26.0 Å². The van der Waals surface area contributed by atoms with E-state index in [1.165, 1.54) is 30.3 Å². The minimum Gasteiger partial charge on any atom is -0.480 e. The number of halogens is 3. The molecule has 0 unspecified atom stereocenters. The number of anilines is 1. The van der Waals surface area contributed by atoms with E-state index in [0.29, 0.717) is 4.47 Å². The highest BCUT2D eigenvalue weighted by Gasteiger charge is 2.27. The number of carboxylic acid groups (broad SMARTS) is 1. The Labute approximate surface area is 151 Å². The molecule has 0 heterocycles. The third-order valence-electron chi connectivity index (χ3n) is 2.87. The molecule has 0 aromatic heterocycles. The number of hydrogen-bond donors (Lipinski definition) is 1. The molecule has 0 aliphatic rings. The minimum atomic E-state index is -4.07. The summed E-state index contributed by atoms with van der Waals surface area (Å²) in [5.74, 6) is -1.29. The van der Waals surface area contributed by atoms with Gasteiger partial charge in [0.2, 0.25) is 0 Å². The van der Waals surface area contributed by atoms with Crippen LogP contribution in [0.3, 0.4) is 0 Å². The zero-order chi connectivity index (χ0) is 17.2. The molecular weight excluding hydrogens is 429 g/mol. The molecule has 0 saturated heterocycles. The largest absolute Gasteiger partial charge is 0.480 e. The van der Waals surface area contributed by atoms with E-state index in [0.717, 1.165) is 4.31 Å². The molecular formula is C14H10BrCl2NO4S. The van der Waals surface area contributed by atoms with Crippen molar-refractivity contribution in [3.63, 3.8) is 0 Å². The van der Waals surface area contributed by atoms with Crippen molar-refractivity contribution >= 4 is 60.8 Å². The highest BCUT2D eigenvalue weighted by atomic mass is 79.9. The maximum atomic E-state index is 12.7. The van der Waals surface area contributed by atoms with E-state index >= 15 is 0 Å². The Hall–Kier alpha value is -1.28. The fourth-order valence-corrected chi connectivity index (χ4v) is 3.77. The van der Waals surface area contributed by atoms with Crippen LogP contribution < -0.4 is 4.31 Å². The van der Waals surface area contributed by atoms with Gasteiger partial charge in [0.15, 0.2) is 0 Å². The first-order valence-electron chi connectivity index (χ1n) is 6.17. The normalized spacial score (nSPS) is 11.3. The molecule has 2 aromatic carbocycles. The summed E-state index contributed by atoms with van der Waals surface area (Å²) in [6, 6.07) is 9.99. The minimum absolute atomic E-state index is 0.0342. The van der Waals surface area contributed by atoms with E-state index in [2.05, 4.69) is 15.9 Å². The number of hydrogen-bond acceptors (Lipinski definition) is 3. The summed E-state index contributed by atoms with van der Waals surface area (Å²) < 4.78 is 27.0. The summed E-state index contributed by atoms with van der Waals surface area (Å²) in [7, 11) is -4.07. The summed E-state index contributed by atoms with van der Waals surface area (Å²) in [6.45, 7) is -0.740. The quantitative estimate of drug-likeness (QED) is 0.764. The second kappa shape index (κ2) is 7.09. The van der Waals surface area contributed by atoms with Gasteiger partial charge in [-0.15, -0.1) is 0 Å². The highest BCUT2D eigenvalue weighted by Crippen LogP contribution is 2.30. The molecule has 0 amide bonds. The van der Waals surface area contributed by atoms with Crippen molar-refractivity contribution in [3.05, 3.63) is 57.0 Å². The number of aliphatic carboxylic acids is 1. The van der Waals surface area contributed by atoms with Crippen molar-refractivity contribution < 1.29 is 18.3 Å². The molecule has 0 spiro atoms. The van der Waals surface area contributed by atoms with Gasteiger partial charge in [-0.05, 0) is 42.5 Å². The summed E-state index contributed by atoms with van der Waals surface area (Å²) in [4.78, 5) is 11.1. The van der Waals surface area contributed by atoms with E-state index in [1.807, 2.05) is 0 Å². The van der Waals surface area contributed by atoms with Gasteiger partial charge in [0.25, 0.3) is 10.0 Å². The van der Waals surface area contributed by atoms with E-state index in [4.69, 9.17) is 28.3 Å². The molecule has 0 bridgehead atoms. The van der Waals surface area contributed by atoms with Gasteiger partial charge in [-0.2, -0.15) is 0 Å². The van der Waals surface area contributed by atoms with Crippen LogP contribution in [0.2, 0.25) is 10.0 Å². The fraction of sp³-hybridized carbons (Fsp3) is 0.0714. The van der Waals surface area contributed by atoms with Gasteiger partial charge in [-0.3, -0.25) is 9.10 Å². The Morgan fingerprint density at radius 3 is 2.22 bits per heavy atom. The van der Waals surface area contributed by atoms with Gasteiger partial charge in [0, 0.05) is 4.47 Å². The van der Waals surface area contributed by atoms with E-state index in [9.17, 15) is 13.2 Å². The van der Waals surface area contributed by atoms with Crippen molar-refractivity contribution in [2.45, 2.75) is 4.90 Å². The lowest BCUT2D eigenvalue weighted by molar-refractivity contribution is -0.135. The average molecular weight is 439 g/mol. The summed E-state index contributed by atoms with van der Waals surface area (Å²) >= 11 is 14.9. The number of sulfonamides is 1. The zero-order valence-corrected chi connectivity index (χ0v) is 15.3. The standard InChI is InChI=1S/C14H10BrCl2NO4S/c15-9-1-4-11(5-2-9)23(21,22)18(8-14(19)20)10-3-6-12(16)13(17)7-10/h1-7H,8H2,(H,19,20). The lowest BCUT2D eigenvalue weighted by atomic mass is 10.3. The second-order valence-electron chi connectivity index (χ2n) is 4.46. The van der Waals surface area contributed by atoms with Gasteiger partial charge < -0.3 is 5.11 Å². The van der Waals surface area contributed by atoms with Crippen LogP contribution in [0.1, 0.15) is 0 Å². The molecule has 23 heavy (non-hydrogen) atoms. The van der Waals surface area contributed by atoms with Gasteiger partial charge in [0.05, 0.1) is 20.6 Å². The average Bonchev–Trinajstić information content (AvgIpc) is 2.48. The van der Waals surface area contributed by atoms with Crippen LogP contribution >= 0.6 is 39.1 Å². The molecule has 5 nitrogen and oxygen atoms in total. The number of benzene rings is 2. The Kier molecular flexibility index (Phi) is 5.57. The maximum Gasteiger partial charge on any atom is 0.324 e.